The lowest BCUT2D eigenvalue weighted by molar-refractivity contribution is 0.161. The molecule has 0 radical (unpaired) electrons. The maximum absolute atomic E-state index is 13.1. The SMILES string of the molecule is Cc1cc(F)c(C)c(CNO)c1. The lowest BCUT2D eigenvalue weighted by Gasteiger charge is -2.06. The molecular formula is C9H12FNO. The summed E-state index contributed by atoms with van der Waals surface area (Å²) in [7, 11) is 0. The number of hydrogen-bond donors (Lipinski definition) is 2. The van der Waals surface area contributed by atoms with E-state index in [1.54, 1.807) is 6.92 Å². The fourth-order valence-electron chi connectivity index (χ4n) is 1.16. The maximum Gasteiger partial charge on any atom is 0.126 e. The molecule has 2 nitrogen and oxygen atoms in total. The maximum atomic E-state index is 13.1. The van der Waals surface area contributed by atoms with Gasteiger partial charge in [0, 0.05) is 6.54 Å². The Labute approximate surface area is 71.0 Å². The molecule has 0 saturated heterocycles. The van der Waals surface area contributed by atoms with Crippen LogP contribution in [0.1, 0.15) is 16.7 Å². The number of hydrogen-bond acceptors (Lipinski definition) is 2. The average Bonchev–Trinajstić information content (AvgIpc) is 2.00. The van der Waals surface area contributed by atoms with Crippen LogP contribution in [-0.4, -0.2) is 5.21 Å². The summed E-state index contributed by atoms with van der Waals surface area (Å²) >= 11 is 0. The molecule has 66 valence electrons. The highest BCUT2D eigenvalue weighted by molar-refractivity contribution is 5.31. The molecular weight excluding hydrogens is 157 g/mol. The standard InChI is InChI=1S/C9H12FNO/c1-6-3-8(5-11-12)7(2)9(10)4-6/h3-4,11-12H,5H2,1-2H3. The Hall–Kier alpha value is -0.930. The van der Waals surface area contributed by atoms with Gasteiger partial charge in [0.25, 0.3) is 0 Å². The predicted octanol–water partition coefficient (Wildman–Crippen LogP) is 1.92. The highest BCUT2D eigenvalue weighted by Gasteiger charge is 2.03. The first-order valence-electron chi connectivity index (χ1n) is 3.77. The van der Waals surface area contributed by atoms with Gasteiger partial charge < -0.3 is 5.21 Å². The molecule has 1 aromatic carbocycles. The lowest BCUT2D eigenvalue weighted by atomic mass is 10.1. The Balaban J connectivity index is 3.09. The first-order valence-corrected chi connectivity index (χ1v) is 3.77. The smallest absolute Gasteiger partial charge is 0.126 e. The van der Waals surface area contributed by atoms with Gasteiger partial charge in [-0.25, -0.2) is 9.87 Å². The molecule has 0 unspecified atom stereocenters. The summed E-state index contributed by atoms with van der Waals surface area (Å²) in [5.74, 6) is -0.222. The van der Waals surface area contributed by atoms with Gasteiger partial charge in [-0.2, -0.15) is 0 Å². The third-order valence-corrected chi connectivity index (χ3v) is 1.87. The van der Waals surface area contributed by atoms with Crippen LogP contribution in [0.3, 0.4) is 0 Å². The molecule has 0 aliphatic carbocycles. The van der Waals surface area contributed by atoms with Crippen LogP contribution in [0, 0.1) is 19.7 Å². The second kappa shape index (κ2) is 3.65. The molecule has 0 aromatic heterocycles. The molecule has 0 atom stereocenters. The monoisotopic (exact) mass is 169 g/mol. The van der Waals surface area contributed by atoms with Gasteiger partial charge in [0.1, 0.15) is 5.82 Å². The van der Waals surface area contributed by atoms with E-state index in [0.29, 0.717) is 5.56 Å². The van der Waals surface area contributed by atoms with Crippen molar-refractivity contribution < 1.29 is 9.60 Å². The molecule has 1 rings (SSSR count). The summed E-state index contributed by atoms with van der Waals surface area (Å²) < 4.78 is 13.1. The molecule has 1 aromatic rings. The first kappa shape index (κ1) is 9.16. The van der Waals surface area contributed by atoms with E-state index < -0.39 is 0 Å². The van der Waals surface area contributed by atoms with Crippen molar-refractivity contribution in [2.45, 2.75) is 20.4 Å². The van der Waals surface area contributed by atoms with E-state index in [-0.39, 0.29) is 12.4 Å². The number of rotatable bonds is 2. The number of halogens is 1. The Morgan fingerprint density at radius 3 is 2.67 bits per heavy atom. The highest BCUT2D eigenvalue weighted by Crippen LogP contribution is 2.14. The summed E-state index contributed by atoms with van der Waals surface area (Å²) in [5.41, 5.74) is 4.25. The van der Waals surface area contributed by atoms with Gasteiger partial charge in [-0.3, -0.25) is 0 Å². The molecule has 12 heavy (non-hydrogen) atoms. The fourth-order valence-corrected chi connectivity index (χ4v) is 1.16. The minimum absolute atomic E-state index is 0.222. The van der Waals surface area contributed by atoms with Crippen molar-refractivity contribution >= 4 is 0 Å². The van der Waals surface area contributed by atoms with Gasteiger partial charge in [-0.1, -0.05) is 6.07 Å². The van der Waals surface area contributed by atoms with Gasteiger partial charge in [-0.15, -0.1) is 0 Å². The third-order valence-electron chi connectivity index (χ3n) is 1.87. The van der Waals surface area contributed by atoms with Gasteiger partial charge >= 0.3 is 0 Å². The Kier molecular flexibility index (Phi) is 2.78. The van der Waals surface area contributed by atoms with Crippen molar-refractivity contribution in [3.8, 4) is 0 Å². The number of nitrogens with one attached hydrogen (secondary N) is 1. The minimum Gasteiger partial charge on any atom is -0.316 e. The van der Waals surface area contributed by atoms with E-state index in [1.165, 1.54) is 6.07 Å². The molecule has 0 fully saturated rings. The van der Waals surface area contributed by atoms with Gasteiger partial charge in [0.15, 0.2) is 0 Å². The van der Waals surface area contributed by atoms with Crippen molar-refractivity contribution in [3.05, 3.63) is 34.6 Å². The second-order valence-corrected chi connectivity index (χ2v) is 2.87. The summed E-state index contributed by atoms with van der Waals surface area (Å²) in [6, 6.07) is 3.33. The topological polar surface area (TPSA) is 32.3 Å². The van der Waals surface area contributed by atoms with Gasteiger partial charge in [0.2, 0.25) is 0 Å². The van der Waals surface area contributed by atoms with Crippen molar-refractivity contribution in [1.82, 2.24) is 5.48 Å². The molecule has 2 N–H and O–H groups in total. The van der Waals surface area contributed by atoms with E-state index in [0.717, 1.165) is 11.1 Å². The zero-order valence-corrected chi connectivity index (χ0v) is 7.19. The summed E-state index contributed by atoms with van der Waals surface area (Å²) in [5, 5.41) is 8.45. The molecule has 0 spiro atoms. The first-order chi connectivity index (χ1) is 5.65. The molecule has 0 heterocycles. The van der Waals surface area contributed by atoms with E-state index >= 15 is 0 Å². The Morgan fingerprint density at radius 1 is 1.42 bits per heavy atom. The summed E-state index contributed by atoms with van der Waals surface area (Å²) in [4.78, 5) is 0. The predicted molar refractivity (Wildman–Crippen MR) is 44.5 cm³/mol. The van der Waals surface area contributed by atoms with Crippen LogP contribution in [0.2, 0.25) is 0 Å². The van der Waals surface area contributed by atoms with Crippen LogP contribution in [-0.2, 0) is 6.54 Å². The molecule has 0 aliphatic heterocycles. The van der Waals surface area contributed by atoms with Crippen LogP contribution >= 0.6 is 0 Å². The molecule has 3 heteroatoms. The van der Waals surface area contributed by atoms with E-state index in [2.05, 4.69) is 0 Å². The molecule has 0 amide bonds. The number of aryl methyl sites for hydroxylation is 1. The number of benzene rings is 1. The molecule has 0 bridgehead atoms. The minimum atomic E-state index is -0.222. The summed E-state index contributed by atoms with van der Waals surface area (Å²) in [6.45, 7) is 3.80. The zero-order valence-electron chi connectivity index (χ0n) is 7.19. The second-order valence-electron chi connectivity index (χ2n) is 2.87. The number of hydroxylamine groups is 1. The van der Waals surface area contributed by atoms with Gasteiger partial charge in [-0.05, 0) is 36.6 Å². The van der Waals surface area contributed by atoms with Crippen LogP contribution < -0.4 is 5.48 Å². The van der Waals surface area contributed by atoms with E-state index in [1.807, 2.05) is 18.5 Å². The molecule has 0 aliphatic rings. The highest BCUT2D eigenvalue weighted by atomic mass is 19.1. The van der Waals surface area contributed by atoms with Crippen molar-refractivity contribution in [2.75, 3.05) is 0 Å². The zero-order chi connectivity index (χ0) is 9.14. The van der Waals surface area contributed by atoms with Crippen molar-refractivity contribution in [2.24, 2.45) is 0 Å². The van der Waals surface area contributed by atoms with Crippen LogP contribution in [0.15, 0.2) is 12.1 Å². The van der Waals surface area contributed by atoms with Crippen molar-refractivity contribution in [1.29, 1.82) is 0 Å². The summed E-state index contributed by atoms with van der Waals surface area (Å²) in [6.07, 6.45) is 0. The quantitative estimate of drug-likeness (QED) is 0.663. The normalized spacial score (nSPS) is 10.3. The molecule has 0 saturated carbocycles. The third kappa shape index (κ3) is 1.81. The Morgan fingerprint density at radius 2 is 2.08 bits per heavy atom. The lowest BCUT2D eigenvalue weighted by Crippen LogP contribution is -2.08. The fraction of sp³-hybridized carbons (Fsp3) is 0.333. The largest absolute Gasteiger partial charge is 0.316 e. The van der Waals surface area contributed by atoms with E-state index in [4.69, 9.17) is 5.21 Å². The van der Waals surface area contributed by atoms with Crippen LogP contribution in [0.5, 0.6) is 0 Å². The van der Waals surface area contributed by atoms with E-state index in [9.17, 15) is 4.39 Å². The van der Waals surface area contributed by atoms with Gasteiger partial charge in [0.05, 0.1) is 0 Å². The average molecular weight is 169 g/mol. The van der Waals surface area contributed by atoms with Crippen LogP contribution in [0.4, 0.5) is 4.39 Å². The van der Waals surface area contributed by atoms with Crippen LogP contribution in [0.25, 0.3) is 0 Å². The van der Waals surface area contributed by atoms with Crippen molar-refractivity contribution in [3.63, 3.8) is 0 Å². The Bertz CT molecular complexity index is 286.